The fourth-order valence-corrected chi connectivity index (χ4v) is 2.38. The summed E-state index contributed by atoms with van der Waals surface area (Å²) in [6.45, 7) is 3.78. The Morgan fingerprint density at radius 2 is 1.50 bits per heavy atom. The van der Waals surface area contributed by atoms with E-state index in [1.807, 2.05) is 13.8 Å². The van der Waals surface area contributed by atoms with Crippen molar-refractivity contribution in [3.63, 3.8) is 0 Å². The number of hydrogen-bond donors (Lipinski definition) is 0. The normalized spacial score (nSPS) is 10.7. The first-order valence-corrected chi connectivity index (χ1v) is 5.41. The summed E-state index contributed by atoms with van der Waals surface area (Å²) in [5, 5.41) is 0. The molecule has 0 unspecified atom stereocenters. The molecular weight excluding hydrogens is 158 g/mol. The van der Waals surface area contributed by atoms with Crippen LogP contribution >= 0.6 is 7.37 Å². The molecule has 0 aliphatic rings. The second-order valence-corrected chi connectivity index (χ2v) is 4.79. The van der Waals surface area contributed by atoms with Gasteiger partial charge in [0.05, 0.1) is 0 Å². The second-order valence-electron chi connectivity index (χ2n) is 2.26. The van der Waals surface area contributed by atoms with Crippen molar-refractivity contribution < 1.29 is 39.0 Å². The van der Waals surface area contributed by atoms with Gasteiger partial charge < -0.3 is 9.46 Å². The Hall–Kier alpha value is 1.19. The molecule has 0 aromatic carbocycles. The summed E-state index contributed by atoms with van der Waals surface area (Å²) in [4.78, 5) is 10.9. The summed E-state index contributed by atoms with van der Waals surface area (Å²) in [6, 6.07) is 0. The predicted octanol–water partition coefficient (Wildman–Crippen LogP) is -1.55. The van der Waals surface area contributed by atoms with Crippen LogP contribution in [-0.2, 0) is 4.57 Å². The summed E-state index contributed by atoms with van der Waals surface area (Å²) in [6.07, 6.45) is 2.25. The van der Waals surface area contributed by atoms with Crippen LogP contribution in [0.3, 0.4) is 0 Å². The maximum atomic E-state index is 10.9. The molecule has 10 heavy (non-hydrogen) atoms. The van der Waals surface area contributed by atoms with E-state index < -0.39 is 7.37 Å². The van der Waals surface area contributed by atoms with E-state index in [4.69, 9.17) is 0 Å². The molecule has 0 atom stereocenters. The van der Waals surface area contributed by atoms with Crippen LogP contribution in [0.1, 0.15) is 26.7 Å². The average Bonchev–Trinajstić information content (AvgIpc) is 1.64. The maximum Gasteiger partial charge on any atom is 1.00 e. The molecule has 0 saturated carbocycles. The molecular formula is C6H14NaO2P. The fraction of sp³-hybridized carbons (Fsp3) is 1.00. The molecule has 0 aliphatic heterocycles. The monoisotopic (exact) mass is 172 g/mol. The van der Waals surface area contributed by atoms with Crippen LogP contribution in [0.25, 0.3) is 0 Å². The van der Waals surface area contributed by atoms with Crippen molar-refractivity contribution >= 4 is 7.37 Å². The van der Waals surface area contributed by atoms with Crippen LogP contribution in [0, 0.1) is 0 Å². The van der Waals surface area contributed by atoms with Crippen molar-refractivity contribution in [2.75, 3.05) is 12.3 Å². The van der Waals surface area contributed by atoms with Gasteiger partial charge in [-0.05, 0) is 12.3 Å². The molecule has 2 nitrogen and oxygen atoms in total. The van der Waals surface area contributed by atoms with Crippen molar-refractivity contribution in [3.05, 3.63) is 0 Å². The zero-order chi connectivity index (χ0) is 7.33. The maximum absolute atomic E-state index is 10.9. The van der Waals surface area contributed by atoms with Crippen molar-refractivity contribution in [3.8, 4) is 0 Å². The zero-order valence-corrected chi connectivity index (χ0v) is 9.99. The minimum Gasteiger partial charge on any atom is -0.799 e. The van der Waals surface area contributed by atoms with Gasteiger partial charge in [0.15, 0.2) is 0 Å². The van der Waals surface area contributed by atoms with Gasteiger partial charge >= 0.3 is 29.6 Å². The van der Waals surface area contributed by atoms with E-state index in [9.17, 15) is 9.46 Å². The Kier molecular flexibility index (Phi) is 9.46. The van der Waals surface area contributed by atoms with Crippen LogP contribution in [0.4, 0.5) is 0 Å². The van der Waals surface area contributed by atoms with Crippen molar-refractivity contribution in [1.29, 1.82) is 0 Å². The predicted molar refractivity (Wildman–Crippen MR) is 37.9 cm³/mol. The first-order valence-electron chi connectivity index (χ1n) is 3.41. The molecule has 0 saturated heterocycles. The average molecular weight is 172 g/mol. The van der Waals surface area contributed by atoms with E-state index in [-0.39, 0.29) is 29.6 Å². The van der Waals surface area contributed by atoms with E-state index in [0.717, 1.165) is 12.8 Å². The van der Waals surface area contributed by atoms with Gasteiger partial charge in [0, 0.05) is 7.37 Å². The van der Waals surface area contributed by atoms with Crippen LogP contribution in [0.5, 0.6) is 0 Å². The summed E-state index contributed by atoms with van der Waals surface area (Å²) < 4.78 is 10.9. The van der Waals surface area contributed by atoms with Gasteiger partial charge in [0.1, 0.15) is 0 Å². The Bertz CT molecular complexity index is 106. The van der Waals surface area contributed by atoms with Crippen molar-refractivity contribution in [2.45, 2.75) is 26.7 Å². The Morgan fingerprint density at radius 1 is 1.20 bits per heavy atom. The standard InChI is InChI=1S/C6H15O2P.Na/c1-3-5-9(7,8)6-4-2;/h3-6H2,1-2H3,(H,7,8);/q;+1/p-1. The third kappa shape index (κ3) is 7.30. The van der Waals surface area contributed by atoms with Crippen LogP contribution in [-0.4, -0.2) is 12.3 Å². The van der Waals surface area contributed by atoms with Gasteiger partial charge in [-0.1, -0.05) is 26.7 Å². The van der Waals surface area contributed by atoms with Gasteiger partial charge in [0.2, 0.25) is 0 Å². The molecule has 0 aromatic heterocycles. The third-order valence-electron chi connectivity index (χ3n) is 1.13. The van der Waals surface area contributed by atoms with Gasteiger partial charge in [-0.15, -0.1) is 0 Å². The largest absolute Gasteiger partial charge is 1.00 e. The van der Waals surface area contributed by atoms with Gasteiger partial charge in [-0.2, -0.15) is 0 Å². The number of hydrogen-bond acceptors (Lipinski definition) is 2. The molecule has 0 spiro atoms. The molecule has 0 radical (unpaired) electrons. The minimum atomic E-state index is -2.94. The molecule has 0 rings (SSSR count). The first kappa shape index (κ1) is 13.8. The first-order chi connectivity index (χ1) is 4.12. The quantitative estimate of drug-likeness (QED) is 0.380. The van der Waals surface area contributed by atoms with E-state index in [0.29, 0.717) is 12.3 Å². The van der Waals surface area contributed by atoms with Crippen molar-refractivity contribution in [1.82, 2.24) is 0 Å². The summed E-state index contributed by atoms with van der Waals surface area (Å²) in [5.74, 6) is 0. The molecule has 0 N–H and O–H groups in total. The van der Waals surface area contributed by atoms with E-state index in [1.54, 1.807) is 0 Å². The molecule has 0 fully saturated rings. The second kappa shape index (κ2) is 6.87. The van der Waals surface area contributed by atoms with E-state index in [2.05, 4.69) is 0 Å². The van der Waals surface area contributed by atoms with Gasteiger partial charge in [0.25, 0.3) is 0 Å². The van der Waals surface area contributed by atoms with Crippen molar-refractivity contribution in [2.24, 2.45) is 0 Å². The van der Waals surface area contributed by atoms with Crippen LogP contribution in [0.2, 0.25) is 0 Å². The molecule has 56 valence electrons. The fourth-order valence-electron chi connectivity index (χ4n) is 0.793. The molecule has 0 aliphatic carbocycles. The Labute approximate surface area is 85.1 Å². The topological polar surface area (TPSA) is 40.1 Å². The molecule has 0 amide bonds. The minimum absolute atomic E-state index is 0. The molecule has 0 aromatic rings. The third-order valence-corrected chi connectivity index (χ3v) is 3.39. The van der Waals surface area contributed by atoms with Crippen LogP contribution in [0.15, 0.2) is 0 Å². The van der Waals surface area contributed by atoms with Crippen LogP contribution < -0.4 is 34.5 Å². The van der Waals surface area contributed by atoms with E-state index in [1.165, 1.54) is 0 Å². The Balaban J connectivity index is 0. The summed E-state index contributed by atoms with van der Waals surface area (Å²) in [7, 11) is -2.94. The molecule has 0 bridgehead atoms. The molecule has 4 heteroatoms. The summed E-state index contributed by atoms with van der Waals surface area (Å²) >= 11 is 0. The summed E-state index contributed by atoms with van der Waals surface area (Å²) in [5.41, 5.74) is 0. The van der Waals surface area contributed by atoms with E-state index >= 15 is 0 Å². The SMILES string of the molecule is CCCP(=O)([O-])CCC.[Na+]. The van der Waals surface area contributed by atoms with Gasteiger partial charge in [-0.3, -0.25) is 0 Å². The smallest absolute Gasteiger partial charge is 0.799 e. The van der Waals surface area contributed by atoms with Gasteiger partial charge in [-0.25, -0.2) is 0 Å². The molecule has 0 heterocycles. The Morgan fingerprint density at radius 3 is 1.70 bits per heavy atom. The zero-order valence-electron chi connectivity index (χ0n) is 7.09. The number of rotatable bonds is 4.